The fraction of sp³-hybridized carbons (Fsp3) is 0.444. The van der Waals surface area contributed by atoms with Gasteiger partial charge in [-0.1, -0.05) is 25.7 Å². The van der Waals surface area contributed by atoms with Crippen LogP contribution < -0.4 is 5.32 Å². The van der Waals surface area contributed by atoms with Gasteiger partial charge in [-0.05, 0) is 36.6 Å². The molecule has 0 unspecified atom stereocenters. The molecule has 1 amide bonds. The molecule has 1 aliphatic carbocycles. The first-order valence-electron chi connectivity index (χ1n) is 8.22. The van der Waals surface area contributed by atoms with Crippen LogP contribution in [0.25, 0.3) is 10.9 Å². The lowest BCUT2D eigenvalue weighted by molar-refractivity contribution is -0.137. The summed E-state index contributed by atoms with van der Waals surface area (Å²) in [7, 11) is 0. The molecule has 5 nitrogen and oxygen atoms in total. The number of carbonyl (C=O) groups excluding carboxylic acids is 1. The van der Waals surface area contributed by atoms with Gasteiger partial charge in [-0.3, -0.25) is 9.59 Å². The maximum Gasteiger partial charge on any atom is 0.323 e. The van der Waals surface area contributed by atoms with Crippen LogP contribution in [0.2, 0.25) is 0 Å². The van der Waals surface area contributed by atoms with Crippen molar-refractivity contribution in [1.29, 1.82) is 0 Å². The number of fused-ring (bicyclic) bond motifs is 1. The molecule has 3 rings (SSSR count). The van der Waals surface area contributed by atoms with Crippen LogP contribution in [0.15, 0.2) is 30.5 Å². The maximum atomic E-state index is 12.1. The van der Waals surface area contributed by atoms with E-state index < -0.39 is 5.97 Å². The van der Waals surface area contributed by atoms with Crippen molar-refractivity contribution in [3.8, 4) is 0 Å². The molecule has 0 bridgehead atoms. The summed E-state index contributed by atoms with van der Waals surface area (Å²) in [6, 6.07) is 7.44. The number of aromatic nitrogens is 1. The third-order valence-electron chi connectivity index (χ3n) is 4.61. The average Bonchev–Trinajstić information content (AvgIpc) is 3.15. The van der Waals surface area contributed by atoms with Crippen molar-refractivity contribution in [1.82, 2.24) is 4.57 Å². The summed E-state index contributed by atoms with van der Waals surface area (Å²) >= 11 is 0. The summed E-state index contributed by atoms with van der Waals surface area (Å²) in [5, 5.41) is 12.8. The predicted molar refractivity (Wildman–Crippen MR) is 89.4 cm³/mol. The summed E-state index contributed by atoms with van der Waals surface area (Å²) in [6.45, 7) is -0.0589. The van der Waals surface area contributed by atoms with E-state index in [-0.39, 0.29) is 12.5 Å². The molecule has 0 radical (unpaired) electrons. The molecule has 23 heavy (non-hydrogen) atoms. The normalized spacial score (nSPS) is 15.1. The van der Waals surface area contributed by atoms with Crippen molar-refractivity contribution < 1.29 is 14.7 Å². The van der Waals surface area contributed by atoms with E-state index in [1.807, 2.05) is 24.3 Å². The molecule has 2 N–H and O–H groups in total. The minimum atomic E-state index is -0.869. The van der Waals surface area contributed by atoms with Crippen LogP contribution in [0.1, 0.15) is 38.5 Å². The molecule has 2 aromatic rings. The average molecular weight is 314 g/mol. The summed E-state index contributed by atoms with van der Waals surface area (Å²) in [6.07, 6.45) is 8.43. The number of carbonyl (C=O) groups is 2. The van der Waals surface area contributed by atoms with E-state index >= 15 is 0 Å². The smallest absolute Gasteiger partial charge is 0.323 e. The van der Waals surface area contributed by atoms with Gasteiger partial charge in [0.25, 0.3) is 0 Å². The van der Waals surface area contributed by atoms with Gasteiger partial charge in [0.15, 0.2) is 0 Å². The second-order valence-corrected chi connectivity index (χ2v) is 6.35. The van der Waals surface area contributed by atoms with Gasteiger partial charge in [0.05, 0.1) is 0 Å². The molecule has 1 fully saturated rings. The first-order valence-corrected chi connectivity index (χ1v) is 8.22. The van der Waals surface area contributed by atoms with E-state index in [1.54, 1.807) is 10.8 Å². The number of aliphatic carboxylic acids is 1. The van der Waals surface area contributed by atoms with Gasteiger partial charge in [-0.2, -0.15) is 0 Å². The zero-order valence-electron chi connectivity index (χ0n) is 13.1. The minimum Gasteiger partial charge on any atom is -0.480 e. The standard InChI is InChI=1S/C18H22N2O3/c21-17(8-5-13-3-1-2-4-13)19-15-6-7-16-14(11-15)9-10-20(16)12-18(22)23/h6-7,9-11,13H,1-5,8,12H2,(H,19,21)(H,22,23). The maximum absolute atomic E-state index is 12.1. The second-order valence-electron chi connectivity index (χ2n) is 6.35. The van der Waals surface area contributed by atoms with Crippen molar-refractivity contribution in [2.45, 2.75) is 45.1 Å². The van der Waals surface area contributed by atoms with Crippen LogP contribution in [-0.2, 0) is 16.1 Å². The van der Waals surface area contributed by atoms with Crippen LogP contribution in [-0.4, -0.2) is 21.6 Å². The predicted octanol–water partition coefficient (Wildman–Crippen LogP) is 3.63. The third-order valence-corrected chi connectivity index (χ3v) is 4.61. The second kappa shape index (κ2) is 6.86. The fourth-order valence-corrected chi connectivity index (χ4v) is 3.42. The Kier molecular flexibility index (Phi) is 4.65. The van der Waals surface area contributed by atoms with Crippen molar-refractivity contribution in [3.63, 3.8) is 0 Å². The Bertz CT molecular complexity index is 714. The molecule has 5 heteroatoms. The lowest BCUT2D eigenvalue weighted by Crippen LogP contribution is -2.12. The quantitative estimate of drug-likeness (QED) is 0.855. The van der Waals surface area contributed by atoms with E-state index in [2.05, 4.69) is 5.32 Å². The summed E-state index contributed by atoms with van der Waals surface area (Å²) in [5.41, 5.74) is 1.62. The Hall–Kier alpha value is -2.30. The Labute approximate surface area is 135 Å². The number of carboxylic acid groups (broad SMARTS) is 1. The zero-order chi connectivity index (χ0) is 16.2. The van der Waals surface area contributed by atoms with E-state index in [9.17, 15) is 9.59 Å². The van der Waals surface area contributed by atoms with Gasteiger partial charge in [0, 0.05) is 29.2 Å². The van der Waals surface area contributed by atoms with E-state index in [0.29, 0.717) is 12.3 Å². The fourth-order valence-electron chi connectivity index (χ4n) is 3.42. The van der Waals surface area contributed by atoms with Gasteiger partial charge in [-0.25, -0.2) is 0 Å². The number of nitrogens with zero attached hydrogens (tertiary/aromatic N) is 1. The molecule has 1 aromatic heterocycles. The molecular weight excluding hydrogens is 292 g/mol. The number of hydrogen-bond donors (Lipinski definition) is 2. The van der Waals surface area contributed by atoms with E-state index in [1.165, 1.54) is 25.7 Å². The molecule has 1 heterocycles. The van der Waals surface area contributed by atoms with Gasteiger partial charge in [0.2, 0.25) is 5.91 Å². The van der Waals surface area contributed by atoms with Crippen molar-refractivity contribution in [3.05, 3.63) is 30.5 Å². The Balaban J connectivity index is 1.61. The molecule has 0 spiro atoms. The number of nitrogens with one attached hydrogen (secondary N) is 1. The first-order chi connectivity index (χ1) is 11.1. The first kappa shape index (κ1) is 15.6. The van der Waals surface area contributed by atoms with Crippen LogP contribution in [0.3, 0.4) is 0 Å². The van der Waals surface area contributed by atoms with Crippen LogP contribution in [0.4, 0.5) is 5.69 Å². The number of rotatable bonds is 6. The number of carboxylic acids is 1. The van der Waals surface area contributed by atoms with E-state index in [4.69, 9.17) is 5.11 Å². The van der Waals surface area contributed by atoms with Crippen molar-refractivity contribution in [2.75, 3.05) is 5.32 Å². The molecule has 0 saturated heterocycles. The van der Waals surface area contributed by atoms with Crippen molar-refractivity contribution in [2.24, 2.45) is 5.92 Å². The topological polar surface area (TPSA) is 71.3 Å². The van der Waals surface area contributed by atoms with Gasteiger partial charge < -0.3 is 15.0 Å². The van der Waals surface area contributed by atoms with Gasteiger partial charge in [0.1, 0.15) is 6.54 Å². The number of benzene rings is 1. The molecule has 1 aliphatic rings. The molecule has 1 aromatic carbocycles. The summed E-state index contributed by atoms with van der Waals surface area (Å²) in [5.74, 6) is -0.0960. The van der Waals surface area contributed by atoms with Crippen LogP contribution in [0.5, 0.6) is 0 Å². The molecule has 1 saturated carbocycles. The molecule has 0 atom stereocenters. The molecular formula is C18H22N2O3. The third kappa shape index (κ3) is 3.92. The summed E-state index contributed by atoms with van der Waals surface area (Å²) < 4.78 is 1.68. The lowest BCUT2D eigenvalue weighted by Gasteiger charge is -2.09. The number of amides is 1. The van der Waals surface area contributed by atoms with E-state index in [0.717, 1.165) is 23.0 Å². The highest BCUT2D eigenvalue weighted by Crippen LogP contribution is 2.28. The highest BCUT2D eigenvalue weighted by molar-refractivity contribution is 5.94. The minimum absolute atomic E-state index is 0.0567. The molecule has 122 valence electrons. The highest BCUT2D eigenvalue weighted by atomic mass is 16.4. The summed E-state index contributed by atoms with van der Waals surface area (Å²) in [4.78, 5) is 22.9. The number of anilines is 1. The van der Waals surface area contributed by atoms with Crippen molar-refractivity contribution >= 4 is 28.5 Å². The molecule has 0 aliphatic heterocycles. The van der Waals surface area contributed by atoms with Gasteiger partial charge in [-0.15, -0.1) is 0 Å². The Morgan fingerprint density at radius 2 is 2.00 bits per heavy atom. The monoisotopic (exact) mass is 314 g/mol. The Morgan fingerprint density at radius 1 is 1.22 bits per heavy atom. The SMILES string of the molecule is O=C(O)Cn1ccc2cc(NC(=O)CCC3CCCC3)ccc21. The van der Waals surface area contributed by atoms with Gasteiger partial charge >= 0.3 is 5.97 Å². The highest BCUT2D eigenvalue weighted by Gasteiger charge is 2.16. The largest absolute Gasteiger partial charge is 0.480 e. The Morgan fingerprint density at radius 3 is 2.74 bits per heavy atom. The number of hydrogen-bond acceptors (Lipinski definition) is 2. The van der Waals surface area contributed by atoms with Crippen LogP contribution >= 0.6 is 0 Å². The zero-order valence-corrected chi connectivity index (χ0v) is 13.1. The lowest BCUT2D eigenvalue weighted by atomic mass is 10.0. The van der Waals surface area contributed by atoms with Crippen LogP contribution in [0, 0.1) is 5.92 Å².